The summed E-state index contributed by atoms with van der Waals surface area (Å²) in [7, 11) is 0. The Kier molecular flexibility index (Phi) is 5.94. The van der Waals surface area contributed by atoms with Gasteiger partial charge in [0.25, 0.3) is 0 Å². The highest BCUT2D eigenvalue weighted by Gasteiger charge is 2.39. The van der Waals surface area contributed by atoms with Crippen LogP contribution in [0.25, 0.3) is 5.76 Å². The number of ketones is 3. The second-order valence-electron chi connectivity index (χ2n) is 6.39. The molecule has 0 amide bonds. The van der Waals surface area contributed by atoms with E-state index in [1.807, 2.05) is 0 Å². The molecular formula is C22H17ClO6. The summed E-state index contributed by atoms with van der Waals surface area (Å²) >= 11 is 6.27. The molecule has 1 aliphatic carbocycles. The number of hydrogen-bond donors (Lipinski definition) is 1. The first-order valence-electron chi connectivity index (χ1n) is 8.92. The van der Waals surface area contributed by atoms with Crippen molar-refractivity contribution in [2.75, 3.05) is 6.61 Å². The number of halogens is 1. The van der Waals surface area contributed by atoms with Gasteiger partial charge in [0.05, 0.1) is 12.2 Å². The molecule has 0 fully saturated rings. The Morgan fingerprint density at radius 3 is 2.28 bits per heavy atom. The van der Waals surface area contributed by atoms with Crippen molar-refractivity contribution in [1.82, 2.24) is 0 Å². The lowest BCUT2D eigenvalue weighted by Crippen LogP contribution is -2.30. The van der Waals surface area contributed by atoms with E-state index in [0.717, 1.165) is 0 Å². The summed E-state index contributed by atoms with van der Waals surface area (Å²) in [6, 6.07) is 12.6. The van der Waals surface area contributed by atoms with E-state index in [2.05, 4.69) is 0 Å². The van der Waals surface area contributed by atoms with Crippen LogP contribution in [0.1, 0.15) is 40.7 Å². The van der Waals surface area contributed by atoms with Crippen LogP contribution in [-0.2, 0) is 19.1 Å². The van der Waals surface area contributed by atoms with Crippen molar-refractivity contribution in [2.24, 2.45) is 0 Å². The molecule has 0 saturated carbocycles. The molecular weight excluding hydrogens is 396 g/mol. The van der Waals surface area contributed by atoms with Crippen LogP contribution in [0.4, 0.5) is 0 Å². The minimum atomic E-state index is -1.09. The summed E-state index contributed by atoms with van der Waals surface area (Å²) in [6.07, 6.45) is -0.483. The fourth-order valence-corrected chi connectivity index (χ4v) is 3.58. The van der Waals surface area contributed by atoms with E-state index in [1.165, 1.54) is 12.1 Å². The van der Waals surface area contributed by atoms with Gasteiger partial charge in [-0.25, -0.2) is 4.79 Å². The number of carbonyl (C=O) groups excluding carboxylic acids is 4. The van der Waals surface area contributed by atoms with Crippen LogP contribution in [0.3, 0.4) is 0 Å². The molecule has 0 saturated heterocycles. The van der Waals surface area contributed by atoms with E-state index in [0.29, 0.717) is 5.56 Å². The fraction of sp³-hybridized carbons (Fsp3) is 0.182. The lowest BCUT2D eigenvalue weighted by Gasteiger charge is -2.25. The Balaban J connectivity index is 2.17. The number of rotatable bonds is 6. The van der Waals surface area contributed by atoms with Gasteiger partial charge >= 0.3 is 5.97 Å². The quantitative estimate of drug-likeness (QED) is 0.574. The van der Waals surface area contributed by atoms with Crippen molar-refractivity contribution < 1.29 is 29.0 Å². The molecule has 0 aliphatic heterocycles. The summed E-state index contributed by atoms with van der Waals surface area (Å²) < 4.78 is 4.74. The molecule has 6 nitrogen and oxygen atoms in total. The van der Waals surface area contributed by atoms with Crippen molar-refractivity contribution in [3.8, 4) is 0 Å². The van der Waals surface area contributed by atoms with Crippen LogP contribution in [0, 0.1) is 0 Å². The van der Waals surface area contributed by atoms with Crippen molar-refractivity contribution in [2.45, 2.75) is 19.3 Å². The lowest BCUT2D eigenvalue weighted by molar-refractivity contribution is -0.153. The number of allylic oxidation sites excluding steroid dienone is 1. The zero-order chi connectivity index (χ0) is 21.1. The Bertz CT molecular complexity index is 1050. The second-order valence-corrected chi connectivity index (χ2v) is 6.80. The highest BCUT2D eigenvalue weighted by atomic mass is 35.5. The third-order valence-electron chi connectivity index (χ3n) is 4.65. The van der Waals surface area contributed by atoms with Crippen molar-refractivity contribution in [3.63, 3.8) is 0 Å². The molecule has 3 rings (SSSR count). The third kappa shape index (κ3) is 3.84. The maximum absolute atomic E-state index is 12.9. The predicted octanol–water partition coefficient (Wildman–Crippen LogP) is 3.68. The van der Waals surface area contributed by atoms with Crippen molar-refractivity contribution in [3.05, 3.63) is 75.8 Å². The molecule has 0 heterocycles. The Morgan fingerprint density at radius 2 is 1.62 bits per heavy atom. The number of Topliss-reactive ketones (excluding diaryl/α,β-unsaturated/α-hetero) is 3. The van der Waals surface area contributed by atoms with Gasteiger partial charge < -0.3 is 9.84 Å². The normalized spacial score (nSPS) is 14.4. The highest BCUT2D eigenvalue weighted by Crippen LogP contribution is 2.40. The first-order valence-corrected chi connectivity index (χ1v) is 9.30. The summed E-state index contributed by atoms with van der Waals surface area (Å²) in [5, 5.41) is 11.1. The van der Waals surface area contributed by atoms with E-state index in [9.17, 15) is 24.3 Å². The van der Waals surface area contributed by atoms with Crippen molar-refractivity contribution >= 4 is 40.7 Å². The molecule has 2 aromatic rings. The average molecular weight is 413 g/mol. The van der Waals surface area contributed by atoms with Crippen LogP contribution < -0.4 is 0 Å². The summed E-state index contributed by atoms with van der Waals surface area (Å²) in [5.74, 6) is -5.19. The summed E-state index contributed by atoms with van der Waals surface area (Å²) in [4.78, 5) is 49.7. The van der Waals surface area contributed by atoms with Gasteiger partial charge in [-0.3, -0.25) is 14.4 Å². The van der Waals surface area contributed by atoms with Gasteiger partial charge in [0.2, 0.25) is 17.3 Å². The highest BCUT2D eigenvalue weighted by molar-refractivity contribution is 6.52. The minimum Gasteiger partial charge on any atom is -0.507 e. The molecule has 1 N–H and O–H groups in total. The van der Waals surface area contributed by atoms with Crippen LogP contribution in [0.5, 0.6) is 0 Å². The number of carbonyl (C=O) groups is 4. The third-order valence-corrected chi connectivity index (χ3v) is 5.00. The molecule has 0 spiro atoms. The summed E-state index contributed by atoms with van der Waals surface area (Å²) in [6.45, 7) is 1.57. The molecule has 148 valence electrons. The van der Waals surface area contributed by atoms with Crippen LogP contribution in [0.2, 0.25) is 5.02 Å². The zero-order valence-corrected chi connectivity index (χ0v) is 16.2. The van der Waals surface area contributed by atoms with Crippen molar-refractivity contribution in [1.29, 1.82) is 0 Å². The largest absolute Gasteiger partial charge is 0.507 e. The monoisotopic (exact) mass is 412 g/mol. The first kappa shape index (κ1) is 20.5. The molecule has 0 bridgehead atoms. The standard InChI is InChI=1S/C22H17ClO6/c1-2-29-22(28)17(24)11-15(12-7-5-6-10-16(12)23)18-19(25)13-8-3-4-9-14(13)20(26)21(18)27/h3-10,15,25H,2,11H2,1H3/t15-/m0/s1. The van der Waals surface area contributed by atoms with Gasteiger partial charge in [0.1, 0.15) is 5.76 Å². The molecule has 7 heteroatoms. The van der Waals surface area contributed by atoms with Crippen LogP contribution in [-0.4, -0.2) is 35.0 Å². The maximum atomic E-state index is 12.9. The molecule has 1 aliphatic rings. The van der Waals surface area contributed by atoms with Gasteiger partial charge in [-0.2, -0.15) is 0 Å². The lowest BCUT2D eigenvalue weighted by atomic mass is 9.77. The van der Waals surface area contributed by atoms with Gasteiger partial charge in [-0.1, -0.05) is 54.1 Å². The molecule has 1 atom stereocenters. The number of esters is 1. The number of benzene rings is 2. The van der Waals surface area contributed by atoms with Gasteiger partial charge in [-0.15, -0.1) is 0 Å². The second kappa shape index (κ2) is 8.41. The zero-order valence-electron chi connectivity index (χ0n) is 15.5. The van der Waals surface area contributed by atoms with Gasteiger partial charge in [-0.05, 0) is 18.6 Å². The SMILES string of the molecule is CCOC(=O)C(=O)C[C@H](C1=C(O)c2ccccc2C(=O)C1=O)c1ccccc1Cl. The van der Waals surface area contributed by atoms with Crippen LogP contribution in [0.15, 0.2) is 54.1 Å². The van der Waals surface area contributed by atoms with E-state index < -0.39 is 41.4 Å². The Labute approximate surface area is 171 Å². The molecule has 2 aromatic carbocycles. The van der Waals surface area contributed by atoms with E-state index in [4.69, 9.17) is 16.3 Å². The molecule has 0 aromatic heterocycles. The maximum Gasteiger partial charge on any atom is 0.374 e. The average Bonchev–Trinajstić information content (AvgIpc) is 2.72. The summed E-state index contributed by atoms with van der Waals surface area (Å²) in [5.41, 5.74) is 0.342. The van der Waals surface area contributed by atoms with Gasteiger partial charge in [0.15, 0.2) is 0 Å². The molecule has 29 heavy (non-hydrogen) atoms. The molecule has 0 unspecified atom stereocenters. The van der Waals surface area contributed by atoms with E-state index >= 15 is 0 Å². The first-order chi connectivity index (χ1) is 13.9. The van der Waals surface area contributed by atoms with Gasteiger partial charge in [0, 0.05) is 28.5 Å². The minimum absolute atomic E-state index is 0.0140. The number of hydrogen-bond acceptors (Lipinski definition) is 6. The topological polar surface area (TPSA) is 97.7 Å². The molecule has 0 radical (unpaired) electrons. The van der Waals surface area contributed by atoms with E-state index in [1.54, 1.807) is 43.3 Å². The predicted molar refractivity (Wildman–Crippen MR) is 106 cm³/mol. The Morgan fingerprint density at radius 1 is 1.00 bits per heavy atom. The van der Waals surface area contributed by atoms with E-state index in [-0.39, 0.29) is 28.3 Å². The Hall–Kier alpha value is -3.25. The number of fused-ring (bicyclic) bond motifs is 1. The number of aliphatic hydroxyl groups excluding tert-OH is 1. The number of aliphatic hydroxyl groups is 1. The smallest absolute Gasteiger partial charge is 0.374 e. The fourth-order valence-electron chi connectivity index (χ4n) is 3.31. The van der Waals surface area contributed by atoms with Crippen LogP contribution >= 0.6 is 11.6 Å². The number of ether oxygens (including phenoxy) is 1.